The van der Waals surface area contributed by atoms with E-state index in [4.69, 9.17) is 17.4 Å². The third-order valence-corrected chi connectivity index (χ3v) is 3.17. The summed E-state index contributed by atoms with van der Waals surface area (Å²) >= 11 is 5.87. The molecule has 0 aliphatic carbocycles. The first-order chi connectivity index (χ1) is 8.79. The number of nitrogens with two attached hydrogens (primary N) is 1. The zero-order valence-electron chi connectivity index (χ0n) is 10.0. The summed E-state index contributed by atoms with van der Waals surface area (Å²) in [7, 11) is 0. The third-order valence-electron chi connectivity index (χ3n) is 2.92. The van der Waals surface area contributed by atoms with E-state index in [1.54, 1.807) is 6.20 Å². The number of hydrazine groups is 1. The number of nitrogens with one attached hydrogen (secondary N) is 1. The molecular formula is C14H16ClN3. The van der Waals surface area contributed by atoms with Crippen LogP contribution in [0.3, 0.4) is 0 Å². The van der Waals surface area contributed by atoms with Gasteiger partial charge in [-0.05, 0) is 42.2 Å². The zero-order valence-corrected chi connectivity index (χ0v) is 10.8. The molecule has 0 aliphatic rings. The Morgan fingerprint density at radius 3 is 2.61 bits per heavy atom. The lowest BCUT2D eigenvalue weighted by molar-refractivity contribution is 0.516. The van der Waals surface area contributed by atoms with E-state index in [0.29, 0.717) is 0 Å². The van der Waals surface area contributed by atoms with Crippen LogP contribution in [0.1, 0.15) is 23.6 Å². The first kappa shape index (κ1) is 13.0. The van der Waals surface area contributed by atoms with Crippen LogP contribution in [0, 0.1) is 0 Å². The minimum absolute atomic E-state index is 0.127. The van der Waals surface area contributed by atoms with Crippen LogP contribution < -0.4 is 11.3 Å². The predicted octanol–water partition coefficient (Wildman–Crippen LogP) is 2.87. The van der Waals surface area contributed by atoms with Gasteiger partial charge in [0.2, 0.25) is 0 Å². The molecule has 4 heteroatoms. The van der Waals surface area contributed by atoms with Crippen molar-refractivity contribution in [1.82, 2.24) is 10.4 Å². The fraction of sp³-hybridized carbons (Fsp3) is 0.214. The number of nitrogens with zero attached hydrogens (tertiary/aromatic N) is 1. The highest BCUT2D eigenvalue weighted by atomic mass is 35.5. The Bertz CT molecular complexity index is 470. The highest BCUT2D eigenvalue weighted by Gasteiger charge is 2.09. The van der Waals surface area contributed by atoms with Crippen molar-refractivity contribution in [3.63, 3.8) is 0 Å². The fourth-order valence-corrected chi connectivity index (χ4v) is 2.02. The van der Waals surface area contributed by atoms with Gasteiger partial charge in [0, 0.05) is 23.5 Å². The van der Waals surface area contributed by atoms with Crippen molar-refractivity contribution >= 4 is 11.6 Å². The monoisotopic (exact) mass is 261 g/mol. The molecule has 1 heterocycles. The van der Waals surface area contributed by atoms with Gasteiger partial charge in [0.05, 0.1) is 0 Å². The van der Waals surface area contributed by atoms with E-state index >= 15 is 0 Å². The molecule has 0 spiro atoms. The molecule has 94 valence electrons. The Morgan fingerprint density at radius 1 is 1.22 bits per heavy atom. The molecule has 0 saturated heterocycles. The number of halogens is 1. The van der Waals surface area contributed by atoms with Crippen LogP contribution in [0.5, 0.6) is 0 Å². The van der Waals surface area contributed by atoms with Gasteiger partial charge in [-0.25, -0.2) is 0 Å². The molecule has 0 amide bonds. The Hall–Kier alpha value is -1.42. The van der Waals surface area contributed by atoms with Crippen molar-refractivity contribution < 1.29 is 0 Å². The van der Waals surface area contributed by atoms with Crippen molar-refractivity contribution in [3.8, 4) is 0 Å². The van der Waals surface area contributed by atoms with E-state index in [0.717, 1.165) is 23.4 Å². The van der Waals surface area contributed by atoms with Crippen molar-refractivity contribution in [2.45, 2.75) is 18.9 Å². The maximum atomic E-state index is 5.87. The molecule has 0 aliphatic heterocycles. The molecule has 1 unspecified atom stereocenters. The van der Waals surface area contributed by atoms with E-state index < -0.39 is 0 Å². The first-order valence-electron chi connectivity index (χ1n) is 5.90. The van der Waals surface area contributed by atoms with Gasteiger partial charge in [-0.15, -0.1) is 0 Å². The lowest BCUT2D eigenvalue weighted by Gasteiger charge is -2.16. The molecule has 0 fully saturated rings. The quantitative estimate of drug-likeness (QED) is 0.643. The van der Waals surface area contributed by atoms with E-state index in [1.807, 2.05) is 36.5 Å². The van der Waals surface area contributed by atoms with Crippen LogP contribution in [-0.4, -0.2) is 4.98 Å². The minimum Gasteiger partial charge on any atom is -0.271 e. The Balaban J connectivity index is 1.99. The summed E-state index contributed by atoms with van der Waals surface area (Å²) in [6.07, 6.45) is 5.52. The summed E-state index contributed by atoms with van der Waals surface area (Å²) in [5, 5.41) is 0.738. The molecular weight excluding hydrogens is 246 g/mol. The third kappa shape index (κ3) is 3.53. The standard InChI is InChI=1S/C14H16ClN3/c15-13-6-4-12(5-7-13)14(18-16)8-3-11-2-1-9-17-10-11/h1-2,4-7,9-10,14,18H,3,8,16H2. The second kappa shape index (κ2) is 6.50. The predicted molar refractivity (Wildman–Crippen MR) is 74.1 cm³/mol. The fourth-order valence-electron chi connectivity index (χ4n) is 1.90. The maximum Gasteiger partial charge on any atom is 0.0463 e. The van der Waals surface area contributed by atoms with Crippen molar-refractivity contribution in [2.24, 2.45) is 5.84 Å². The van der Waals surface area contributed by atoms with Crippen LogP contribution in [0.15, 0.2) is 48.8 Å². The van der Waals surface area contributed by atoms with Gasteiger partial charge in [0.25, 0.3) is 0 Å². The summed E-state index contributed by atoms with van der Waals surface area (Å²) in [5.74, 6) is 5.61. The number of aromatic nitrogens is 1. The molecule has 1 aromatic carbocycles. The van der Waals surface area contributed by atoms with Crippen molar-refractivity contribution in [2.75, 3.05) is 0 Å². The van der Waals surface area contributed by atoms with Crippen LogP contribution in [-0.2, 0) is 6.42 Å². The van der Waals surface area contributed by atoms with Crippen LogP contribution >= 0.6 is 11.6 Å². The number of pyridine rings is 1. The number of aryl methyl sites for hydroxylation is 1. The zero-order chi connectivity index (χ0) is 12.8. The summed E-state index contributed by atoms with van der Waals surface area (Å²) in [5.41, 5.74) is 5.20. The highest BCUT2D eigenvalue weighted by molar-refractivity contribution is 6.30. The molecule has 3 N–H and O–H groups in total. The van der Waals surface area contributed by atoms with E-state index in [2.05, 4.69) is 16.5 Å². The number of hydrogen-bond donors (Lipinski definition) is 2. The number of rotatable bonds is 5. The van der Waals surface area contributed by atoms with Gasteiger partial charge in [-0.3, -0.25) is 16.3 Å². The molecule has 3 nitrogen and oxygen atoms in total. The van der Waals surface area contributed by atoms with Crippen molar-refractivity contribution in [3.05, 3.63) is 64.9 Å². The summed E-state index contributed by atoms with van der Waals surface area (Å²) < 4.78 is 0. The lowest BCUT2D eigenvalue weighted by Crippen LogP contribution is -2.28. The van der Waals surface area contributed by atoms with Crippen molar-refractivity contribution in [1.29, 1.82) is 0 Å². The Kier molecular flexibility index (Phi) is 4.70. The van der Waals surface area contributed by atoms with Gasteiger partial charge in [0.15, 0.2) is 0 Å². The molecule has 1 aromatic heterocycles. The normalized spacial score (nSPS) is 12.3. The Labute approximate surface area is 112 Å². The van der Waals surface area contributed by atoms with Crippen LogP contribution in [0.2, 0.25) is 5.02 Å². The molecule has 0 radical (unpaired) electrons. The number of benzene rings is 1. The van der Waals surface area contributed by atoms with E-state index in [9.17, 15) is 0 Å². The molecule has 2 aromatic rings. The lowest BCUT2D eigenvalue weighted by atomic mass is 10.0. The summed E-state index contributed by atoms with van der Waals surface area (Å²) in [6, 6.07) is 11.9. The molecule has 18 heavy (non-hydrogen) atoms. The van der Waals surface area contributed by atoms with E-state index in [-0.39, 0.29) is 6.04 Å². The smallest absolute Gasteiger partial charge is 0.0463 e. The van der Waals surface area contributed by atoms with Gasteiger partial charge in [0.1, 0.15) is 0 Å². The topological polar surface area (TPSA) is 50.9 Å². The summed E-state index contributed by atoms with van der Waals surface area (Å²) in [6.45, 7) is 0. The second-order valence-electron chi connectivity index (χ2n) is 4.17. The van der Waals surface area contributed by atoms with Crippen LogP contribution in [0.4, 0.5) is 0 Å². The van der Waals surface area contributed by atoms with E-state index in [1.165, 1.54) is 5.56 Å². The second-order valence-corrected chi connectivity index (χ2v) is 4.61. The van der Waals surface area contributed by atoms with Gasteiger partial charge < -0.3 is 0 Å². The average Bonchev–Trinajstić information content (AvgIpc) is 2.42. The SMILES string of the molecule is NNC(CCc1cccnc1)c1ccc(Cl)cc1. The highest BCUT2D eigenvalue weighted by Crippen LogP contribution is 2.20. The Morgan fingerprint density at radius 2 is 2.00 bits per heavy atom. The largest absolute Gasteiger partial charge is 0.271 e. The summed E-state index contributed by atoms with van der Waals surface area (Å²) in [4.78, 5) is 4.10. The minimum atomic E-state index is 0.127. The maximum absolute atomic E-state index is 5.87. The van der Waals surface area contributed by atoms with Crippen LogP contribution in [0.25, 0.3) is 0 Å². The molecule has 0 bridgehead atoms. The molecule has 2 rings (SSSR count). The first-order valence-corrected chi connectivity index (χ1v) is 6.28. The van der Waals surface area contributed by atoms with Gasteiger partial charge in [-0.2, -0.15) is 0 Å². The van der Waals surface area contributed by atoms with Gasteiger partial charge in [-0.1, -0.05) is 29.8 Å². The number of hydrogen-bond acceptors (Lipinski definition) is 3. The molecule has 0 saturated carbocycles. The molecule has 1 atom stereocenters. The average molecular weight is 262 g/mol. The van der Waals surface area contributed by atoms with Gasteiger partial charge >= 0.3 is 0 Å².